The minimum absolute atomic E-state index is 0.269. The van der Waals surface area contributed by atoms with Crippen LogP contribution in [0, 0.1) is 0 Å². The van der Waals surface area contributed by atoms with E-state index in [9.17, 15) is 14.4 Å². The third-order valence-corrected chi connectivity index (χ3v) is 2.86. The standard InChI is InChI=1S/C11H17NO6/c1-8(13)18-7-11(10(15)16-2)6-4-5-9(14)12(11)17-3/h4-7H2,1-3H3. The minimum Gasteiger partial charge on any atom is -0.467 e. The van der Waals surface area contributed by atoms with Gasteiger partial charge >= 0.3 is 11.9 Å². The molecule has 1 atom stereocenters. The molecule has 1 aliphatic rings. The highest BCUT2D eigenvalue weighted by Gasteiger charge is 2.51. The third-order valence-electron chi connectivity index (χ3n) is 2.86. The zero-order valence-corrected chi connectivity index (χ0v) is 10.7. The van der Waals surface area contributed by atoms with Gasteiger partial charge in [0.15, 0.2) is 0 Å². The van der Waals surface area contributed by atoms with Crippen LogP contribution in [0.2, 0.25) is 0 Å². The smallest absolute Gasteiger partial charge is 0.338 e. The maximum absolute atomic E-state index is 11.9. The Morgan fingerprint density at radius 1 is 1.39 bits per heavy atom. The number of piperidine rings is 1. The monoisotopic (exact) mass is 259 g/mol. The topological polar surface area (TPSA) is 82.1 Å². The van der Waals surface area contributed by atoms with Crippen molar-refractivity contribution in [3.63, 3.8) is 0 Å². The third kappa shape index (κ3) is 2.61. The largest absolute Gasteiger partial charge is 0.467 e. The van der Waals surface area contributed by atoms with Gasteiger partial charge in [-0.1, -0.05) is 0 Å². The molecule has 1 amide bonds. The summed E-state index contributed by atoms with van der Waals surface area (Å²) in [5, 5.41) is 0.950. The van der Waals surface area contributed by atoms with Crippen molar-refractivity contribution in [2.75, 3.05) is 20.8 Å². The van der Waals surface area contributed by atoms with Gasteiger partial charge in [-0.25, -0.2) is 9.86 Å². The molecule has 1 unspecified atom stereocenters. The molecule has 1 fully saturated rings. The normalized spacial score (nSPS) is 23.7. The summed E-state index contributed by atoms with van der Waals surface area (Å²) < 4.78 is 9.58. The van der Waals surface area contributed by atoms with Crippen molar-refractivity contribution in [2.24, 2.45) is 0 Å². The van der Waals surface area contributed by atoms with E-state index in [1.807, 2.05) is 0 Å². The van der Waals surface area contributed by atoms with Crippen LogP contribution in [0.5, 0.6) is 0 Å². The highest BCUT2D eigenvalue weighted by molar-refractivity contribution is 5.89. The van der Waals surface area contributed by atoms with Crippen molar-refractivity contribution < 1.29 is 28.7 Å². The molecule has 0 N–H and O–H groups in total. The maximum atomic E-state index is 11.9. The summed E-state index contributed by atoms with van der Waals surface area (Å²) >= 11 is 0. The quantitative estimate of drug-likeness (QED) is 0.663. The zero-order valence-electron chi connectivity index (χ0n) is 10.7. The van der Waals surface area contributed by atoms with E-state index in [0.717, 1.165) is 5.06 Å². The molecule has 7 heteroatoms. The molecule has 0 aliphatic carbocycles. The first-order valence-corrected chi connectivity index (χ1v) is 5.57. The summed E-state index contributed by atoms with van der Waals surface area (Å²) in [5.41, 5.74) is -1.38. The molecule has 102 valence electrons. The molecule has 0 spiro atoms. The van der Waals surface area contributed by atoms with Crippen LogP contribution in [0.3, 0.4) is 0 Å². The van der Waals surface area contributed by atoms with Crippen LogP contribution in [0.25, 0.3) is 0 Å². The molecule has 0 aromatic rings. The van der Waals surface area contributed by atoms with Crippen LogP contribution in [-0.2, 0) is 28.7 Å². The van der Waals surface area contributed by atoms with Gasteiger partial charge in [-0.2, -0.15) is 0 Å². The van der Waals surface area contributed by atoms with E-state index in [1.54, 1.807) is 0 Å². The summed E-state index contributed by atoms with van der Waals surface area (Å²) in [6.07, 6.45) is 1.12. The van der Waals surface area contributed by atoms with Gasteiger partial charge in [-0.3, -0.25) is 14.4 Å². The Balaban J connectivity index is 3.03. The fraction of sp³-hybridized carbons (Fsp3) is 0.727. The van der Waals surface area contributed by atoms with E-state index in [-0.39, 0.29) is 18.9 Å². The Kier molecular flexibility index (Phi) is 4.66. The molecular formula is C11H17NO6. The summed E-state index contributed by atoms with van der Waals surface area (Å²) in [4.78, 5) is 39.6. The molecule has 0 saturated carbocycles. The molecule has 1 rings (SSSR count). The first-order chi connectivity index (χ1) is 8.47. The van der Waals surface area contributed by atoms with Crippen LogP contribution in [0.4, 0.5) is 0 Å². The Hall–Kier alpha value is -1.63. The van der Waals surface area contributed by atoms with Gasteiger partial charge in [-0.05, 0) is 12.8 Å². The number of amides is 1. The number of ether oxygens (including phenoxy) is 2. The minimum atomic E-state index is -1.38. The Bertz CT molecular complexity index is 355. The van der Waals surface area contributed by atoms with Crippen LogP contribution in [0.15, 0.2) is 0 Å². The summed E-state index contributed by atoms with van der Waals surface area (Å²) in [6, 6.07) is 0. The lowest BCUT2D eigenvalue weighted by molar-refractivity contribution is -0.234. The van der Waals surface area contributed by atoms with Crippen LogP contribution in [0.1, 0.15) is 26.2 Å². The summed E-state index contributed by atoms with van der Waals surface area (Å²) in [6.45, 7) is 0.960. The molecular weight excluding hydrogens is 242 g/mol. The SMILES string of the molecule is COC(=O)C1(COC(C)=O)CCCC(=O)N1OC. The average molecular weight is 259 g/mol. The number of carbonyl (C=O) groups is 3. The van der Waals surface area contributed by atoms with Gasteiger partial charge in [0.1, 0.15) is 6.61 Å². The van der Waals surface area contributed by atoms with E-state index in [2.05, 4.69) is 0 Å². The van der Waals surface area contributed by atoms with Crippen molar-refractivity contribution in [3.05, 3.63) is 0 Å². The number of nitrogens with zero attached hydrogens (tertiary/aromatic N) is 1. The second-order valence-electron chi connectivity index (χ2n) is 4.03. The van der Waals surface area contributed by atoms with E-state index in [0.29, 0.717) is 12.8 Å². The van der Waals surface area contributed by atoms with Crippen molar-refractivity contribution in [2.45, 2.75) is 31.7 Å². The fourth-order valence-electron chi connectivity index (χ4n) is 2.04. The number of methoxy groups -OCH3 is 1. The van der Waals surface area contributed by atoms with Crippen molar-refractivity contribution in [1.82, 2.24) is 5.06 Å². The Labute approximate surface area is 105 Å². The number of esters is 2. The lowest BCUT2D eigenvalue weighted by Crippen LogP contribution is -2.62. The predicted molar refractivity (Wildman–Crippen MR) is 59.1 cm³/mol. The number of hydroxylamine groups is 2. The van der Waals surface area contributed by atoms with Crippen molar-refractivity contribution >= 4 is 17.8 Å². The van der Waals surface area contributed by atoms with E-state index < -0.39 is 17.5 Å². The number of carbonyl (C=O) groups excluding carboxylic acids is 3. The lowest BCUT2D eigenvalue weighted by Gasteiger charge is -2.41. The van der Waals surface area contributed by atoms with Crippen LogP contribution >= 0.6 is 0 Å². The predicted octanol–water partition coefficient (Wildman–Crippen LogP) is 0.0352. The summed E-state index contributed by atoms with van der Waals surface area (Å²) in [5.74, 6) is -1.52. The number of rotatable bonds is 4. The Morgan fingerprint density at radius 2 is 2.06 bits per heavy atom. The van der Waals surface area contributed by atoms with Gasteiger partial charge in [0.05, 0.1) is 14.2 Å². The molecule has 0 bridgehead atoms. The van der Waals surface area contributed by atoms with Gasteiger partial charge in [-0.15, -0.1) is 0 Å². The summed E-state index contributed by atoms with van der Waals surface area (Å²) in [7, 11) is 2.50. The number of hydrogen-bond donors (Lipinski definition) is 0. The lowest BCUT2D eigenvalue weighted by atomic mass is 9.88. The maximum Gasteiger partial charge on any atom is 0.338 e. The highest BCUT2D eigenvalue weighted by Crippen LogP contribution is 2.31. The second-order valence-corrected chi connectivity index (χ2v) is 4.03. The van der Waals surface area contributed by atoms with Crippen LogP contribution in [-0.4, -0.2) is 49.3 Å². The van der Waals surface area contributed by atoms with Gasteiger partial charge in [0.25, 0.3) is 0 Å². The molecule has 1 saturated heterocycles. The van der Waals surface area contributed by atoms with Gasteiger partial charge < -0.3 is 9.47 Å². The number of hydrogen-bond acceptors (Lipinski definition) is 6. The van der Waals surface area contributed by atoms with Gasteiger partial charge in [0, 0.05) is 13.3 Å². The molecule has 0 aromatic carbocycles. The highest BCUT2D eigenvalue weighted by atomic mass is 16.7. The molecule has 1 aliphatic heterocycles. The first kappa shape index (κ1) is 14.4. The molecule has 0 aromatic heterocycles. The fourth-order valence-corrected chi connectivity index (χ4v) is 2.04. The molecule has 18 heavy (non-hydrogen) atoms. The van der Waals surface area contributed by atoms with Crippen molar-refractivity contribution in [1.29, 1.82) is 0 Å². The van der Waals surface area contributed by atoms with Crippen LogP contribution < -0.4 is 0 Å². The average Bonchev–Trinajstić information content (AvgIpc) is 2.35. The van der Waals surface area contributed by atoms with E-state index in [1.165, 1.54) is 21.1 Å². The van der Waals surface area contributed by atoms with E-state index in [4.69, 9.17) is 14.3 Å². The van der Waals surface area contributed by atoms with Crippen molar-refractivity contribution in [3.8, 4) is 0 Å². The molecule has 1 heterocycles. The van der Waals surface area contributed by atoms with E-state index >= 15 is 0 Å². The molecule has 7 nitrogen and oxygen atoms in total. The first-order valence-electron chi connectivity index (χ1n) is 5.57. The second kappa shape index (κ2) is 5.81. The van der Waals surface area contributed by atoms with Gasteiger partial charge in [0.2, 0.25) is 11.4 Å². The molecule has 0 radical (unpaired) electrons. The Morgan fingerprint density at radius 3 is 2.56 bits per heavy atom. The zero-order chi connectivity index (χ0) is 13.8.